The Hall–Kier alpha value is -3.90. The van der Waals surface area contributed by atoms with E-state index in [1.807, 2.05) is 12.1 Å². The molecular weight excluding hydrogens is 434 g/mol. The molecule has 1 fully saturated rings. The Balaban J connectivity index is 1.46. The largest absolute Gasteiger partial charge is 0.397 e. The summed E-state index contributed by atoms with van der Waals surface area (Å²) >= 11 is 0. The minimum absolute atomic E-state index is 0.474. The quantitative estimate of drug-likeness (QED) is 0.460. The van der Waals surface area contributed by atoms with Crippen molar-refractivity contribution >= 4 is 17.5 Å². The number of hydrogen-bond acceptors (Lipinski definition) is 6. The van der Waals surface area contributed by atoms with Gasteiger partial charge in [0.05, 0.1) is 30.3 Å². The van der Waals surface area contributed by atoms with E-state index in [1.165, 1.54) is 11.1 Å². The molecule has 0 aliphatic carbocycles. The summed E-state index contributed by atoms with van der Waals surface area (Å²) in [5.41, 5.74) is 16.0. The second-order valence-electron chi connectivity index (χ2n) is 8.88. The highest BCUT2D eigenvalue weighted by molar-refractivity contribution is 5.69. The number of hydrogen-bond donors (Lipinski definition) is 2. The molecule has 2 aromatic carbocycles. The number of rotatable bonds is 7. The standard InChI is InChI=1S/C29H33N5O/c1-19-6-7-24(16-20(19)2)28-10-11-31-29(33-28)18-27(30)22(4)32-25-8-9-26(21(3)17-25)23(5)34-12-14-35-15-13-34/h6-11,16-18,32H,4-5,12-15,30H2,1-3H3. The lowest BCUT2D eigenvalue weighted by Crippen LogP contribution is -2.34. The first kappa shape index (κ1) is 24.2. The molecule has 0 spiro atoms. The zero-order valence-electron chi connectivity index (χ0n) is 20.8. The van der Waals surface area contributed by atoms with Crippen LogP contribution in [0, 0.1) is 20.8 Å². The fraction of sp³-hybridized carbons (Fsp3) is 0.241. The van der Waals surface area contributed by atoms with E-state index in [0.717, 1.165) is 60.1 Å². The summed E-state index contributed by atoms with van der Waals surface area (Å²) in [7, 11) is 0. The predicted octanol–water partition coefficient (Wildman–Crippen LogP) is 5.30. The molecule has 3 aromatic rings. The summed E-state index contributed by atoms with van der Waals surface area (Å²) in [6, 6.07) is 14.4. The van der Waals surface area contributed by atoms with Gasteiger partial charge in [-0.1, -0.05) is 31.4 Å². The third-order valence-corrected chi connectivity index (χ3v) is 6.34. The smallest absolute Gasteiger partial charge is 0.154 e. The minimum Gasteiger partial charge on any atom is -0.397 e. The lowest BCUT2D eigenvalue weighted by Gasteiger charge is -2.31. The SMILES string of the molecule is C=C(Nc1ccc(C(=C)N2CCOCC2)c(C)c1)C(N)=Cc1nccc(-c2ccc(C)c(C)c2)n1. The summed E-state index contributed by atoms with van der Waals surface area (Å²) in [5, 5.41) is 3.30. The molecule has 0 radical (unpaired) electrons. The monoisotopic (exact) mass is 467 g/mol. The highest BCUT2D eigenvalue weighted by atomic mass is 16.5. The van der Waals surface area contributed by atoms with Crippen LogP contribution in [0.25, 0.3) is 23.0 Å². The van der Waals surface area contributed by atoms with E-state index < -0.39 is 0 Å². The van der Waals surface area contributed by atoms with Crippen LogP contribution in [-0.4, -0.2) is 41.2 Å². The first-order valence-corrected chi connectivity index (χ1v) is 11.8. The molecule has 6 nitrogen and oxygen atoms in total. The van der Waals surface area contributed by atoms with E-state index in [1.54, 1.807) is 12.3 Å². The molecule has 3 N–H and O–H groups in total. The Morgan fingerprint density at radius 2 is 1.77 bits per heavy atom. The number of anilines is 1. The molecule has 4 rings (SSSR count). The van der Waals surface area contributed by atoms with Crippen molar-refractivity contribution in [1.82, 2.24) is 14.9 Å². The van der Waals surface area contributed by atoms with Gasteiger partial charge in [-0.3, -0.25) is 0 Å². The number of aryl methyl sites for hydroxylation is 3. The van der Waals surface area contributed by atoms with E-state index in [4.69, 9.17) is 10.5 Å². The van der Waals surface area contributed by atoms with E-state index >= 15 is 0 Å². The van der Waals surface area contributed by atoms with Crippen molar-refractivity contribution < 1.29 is 4.74 Å². The molecule has 0 amide bonds. The summed E-state index contributed by atoms with van der Waals surface area (Å²) in [6.07, 6.45) is 3.48. The third-order valence-electron chi connectivity index (χ3n) is 6.34. The van der Waals surface area contributed by atoms with Crippen LogP contribution in [0.2, 0.25) is 0 Å². The maximum Gasteiger partial charge on any atom is 0.154 e. The molecule has 0 atom stereocenters. The predicted molar refractivity (Wildman–Crippen MR) is 144 cm³/mol. The van der Waals surface area contributed by atoms with Gasteiger partial charge in [-0.05, 0) is 61.7 Å². The number of benzene rings is 2. The van der Waals surface area contributed by atoms with Crippen LogP contribution in [0.3, 0.4) is 0 Å². The van der Waals surface area contributed by atoms with Crippen LogP contribution in [0.4, 0.5) is 5.69 Å². The van der Waals surface area contributed by atoms with Gasteiger partial charge >= 0.3 is 0 Å². The second kappa shape index (κ2) is 10.6. The molecule has 0 saturated carbocycles. The van der Waals surface area contributed by atoms with Crippen molar-refractivity contribution in [2.24, 2.45) is 5.73 Å². The van der Waals surface area contributed by atoms with Gasteiger partial charge in [-0.2, -0.15) is 0 Å². The maximum atomic E-state index is 6.33. The molecule has 1 aliphatic heterocycles. The Kier molecular flexibility index (Phi) is 7.32. The fourth-order valence-corrected chi connectivity index (χ4v) is 4.05. The molecule has 1 aromatic heterocycles. The van der Waals surface area contributed by atoms with E-state index in [2.05, 4.69) is 84.4 Å². The molecule has 0 bridgehead atoms. The maximum absolute atomic E-state index is 6.33. The fourth-order valence-electron chi connectivity index (χ4n) is 4.05. The van der Waals surface area contributed by atoms with Crippen LogP contribution < -0.4 is 11.1 Å². The van der Waals surface area contributed by atoms with Crippen LogP contribution in [0.1, 0.15) is 28.1 Å². The number of nitrogens with zero attached hydrogens (tertiary/aromatic N) is 3. The molecule has 180 valence electrons. The zero-order chi connectivity index (χ0) is 24.9. The summed E-state index contributed by atoms with van der Waals surface area (Å²) in [4.78, 5) is 11.3. The van der Waals surface area contributed by atoms with Crippen LogP contribution in [-0.2, 0) is 4.74 Å². The molecule has 1 aliphatic rings. The second-order valence-corrected chi connectivity index (χ2v) is 8.88. The number of nitrogens with two attached hydrogens (primary N) is 1. The topological polar surface area (TPSA) is 76.3 Å². The average Bonchev–Trinajstić information content (AvgIpc) is 2.86. The molecule has 35 heavy (non-hydrogen) atoms. The first-order valence-electron chi connectivity index (χ1n) is 11.8. The zero-order valence-corrected chi connectivity index (χ0v) is 20.8. The van der Waals surface area contributed by atoms with Crippen LogP contribution >= 0.6 is 0 Å². The lowest BCUT2D eigenvalue weighted by atomic mass is 10.0. The van der Waals surface area contributed by atoms with Gasteiger partial charge in [0.2, 0.25) is 0 Å². The Labute approximate surface area is 207 Å². The van der Waals surface area contributed by atoms with Crippen LogP contribution in [0.15, 0.2) is 73.2 Å². The van der Waals surface area contributed by atoms with Crippen molar-refractivity contribution in [2.75, 3.05) is 31.6 Å². The van der Waals surface area contributed by atoms with Gasteiger partial charge in [0.15, 0.2) is 5.82 Å². The van der Waals surface area contributed by atoms with Gasteiger partial charge in [0.25, 0.3) is 0 Å². The summed E-state index contributed by atoms with van der Waals surface area (Å²) in [5.74, 6) is 0.537. The van der Waals surface area contributed by atoms with E-state index in [-0.39, 0.29) is 0 Å². The van der Waals surface area contributed by atoms with E-state index in [0.29, 0.717) is 17.2 Å². The third kappa shape index (κ3) is 5.78. The highest BCUT2D eigenvalue weighted by Crippen LogP contribution is 2.26. The van der Waals surface area contributed by atoms with Gasteiger partial charge in [0, 0.05) is 47.9 Å². The lowest BCUT2D eigenvalue weighted by molar-refractivity contribution is 0.0640. The van der Waals surface area contributed by atoms with Gasteiger partial charge in [-0.15, -0.1) is 0 Å². The molecule has 2 heterocycles. The highest BCUT2D eigenvalue weighted by Gasteiger charge is 2.15. The van der Waals surface area contributed by atoms with Crippen molar-refractivity contribution in [1.29, 1.82) is 0 Å². The average molecular weight is 468 g/mol. The van der Waals surface area contributed by atoms with Gasteiger partial charge < -0.3 is 20.7 Å². The van der Waals surface area contributed by atoms with Crippen molar-refractivity contribution in [3.63, 3.8) is 0 Å². The van der Waals surface area contributed by atoms with Gasteiger partial charge in [-0.25, -0.2) is 9.97 Å². The Morgan fingerprint density at radius 1 is 1.00 bits per heavy atom. The van der Waals surface area contributed by atoms with Crippen molar-refractivity contribution in [3.05, 3.63) is 101 Å². The van der Waals surface area contributed by atoms with Crippen LogP contribution in [0.5, 0.6) is 0 Å². The minimum atomic E-state index is 0.474. The molecule has 1 saturated heterocycles. The van der Waals surface area contributed by atoms with E-state index in [9.17, 15) is 0 Å². The molecular formula is C29H33N5O. The van der Waals surface area contributed by atoms with Crippen molar-refractivity contribution in [3.8, 4) is 11.3 Å². The molecule has 6 heteroatoms. The van der Waals surface area contributed by atoms with Gasteiger partial charge in [0.1, 0.15) is 0 Å². The first-order chi connectivity index (χ1) is 16.8. The number of aromatic nitrogens is 2. The summed E-state index contributed by atoms with van der Waals surface area (Å²) < 4.78 is 5.45. The Morgan fingerprint density at radius 3 is 2.49 bits per heavy atom. The van der Waals surface area contributed by atoms with Crippen molar-refractivity contribution in [2.45, 2.75) is 20.8 Å². The number of morpholine rings is 1. The summed E-state index contributed by atoms with van der Waals surface area (Å²) in [6.45, 7) is 17.9. The number of ether oxygens (including phenoxy) is 1. The normalized spacial score (nSPS) is 14.0. The number of nitrogens with one attached hydrogen (secondary N) is 1. The Bertz CT molecular complexity index is 1290. The molecule has 0 unspecified atom stereocenters.